The topological polar surface area (TPSA) is 117 Å². The molecular weight excluding hydrogens is 496 g/mol. The molecule has 4 aliphatic rings. The van der Waals surface area contributed by atoms with Gasteiger partial charge in [-0.05, 0) is 104 Å². The van der Waals surface area contributed by atoms with Crippen LogP contribution in [0.1, 0.15) is 70.8 Å². The summed E-state index contributed by atoms with van der Waals surface area (Å²) in [5.74, 6) is 1.09. The number of aliphatic hydroxyl groups excluding tert-OH is 1. The molecule has 0 heterocycles. The molecule has 0 aromatic heterocycles. The fourth-order valence-corrected chi connectivity index (χ4v) is 8.23. The van der Waals surface area contributed by atoms with Crippen LogP contribution >= 0.6 is 0 Å². The molecule has 0 bridgehead atoms. The summed E-state index contributed by atoms with van der Waals surface area (Å²) < 4.78 is 4.85. The zero-order valence-electron chi connectivity index (χ0n) is 23.3. The number of hydrogen-bond donors (Lipinski definition) is 3. The summed E-state index contributed by atoms with van der Waals surface area (Å²) in [6.45, 7) is 4.45. The minimum Gasteiger partial charge on any atom is -0.508 e. The van der Waals surface area contributed by atoms with Crippen molar-refractivity contribution in [2.24, 2.45) is 33.7 Å². The number of phenols is 1. The normalized spacial score (nSPS) is 35.2. The lowest BCUT2D eigenvalue weighted by molar-refractivity contribution is -0.145. The van der Waals surface area contributed by atoms with Crippen molar-refractivity contribution in [3.05, 3.63) is 41.5 Å². The van der Waals surface area contributed by atoms with E-state index in [4.69, 9.17) is 9.57 Å². The summed E-state index contributed by atoms with van der Waals surface area (Å²) in [5.41, 5.74) is 3.34. The van der Waals surface area contributed by atoms with Gasteiger partial charge in [-0.25, -0.2) is 4.79 Å². The third-order valence-electron chi connectivity index (χ3n) is 10.5. The summed E-state index contributed by atoms with van der Waals surface area (Å²) in [7, 11) is 1.28. The molecule has 8 nitrogen and oxygen atoms in total. The number of hydrogen-bond acceptors (Lipinski definition) is 7. The number of benzene rings is 1. The Kier molecular flexibility index (Phi) is 7.77. The lowest BCUT2D eigenvalue weighted by atomic mass is 9.47. The van der Waals surface area contributed by atoms with E-state index in [0.29, 0.717) is 17.8 Å². The lowest BCUT2D eigenvalue weighted by Crippen LogP contribution is -2.51. The van der Waals surface area contributed by atoms with Crippen LogP contribution in [-0.2, 0) is 25.6 Å². The standard InChI is InChI=1S/C31H42N2O6/c1-30-14-12-21(17-20(30)6-9-23-24-10-11-27(35)31(24,2)15-13-25(23)30)33-39-18-28(36)32-26(29(37)38-3)16-19-4-7-22(34)8-5-19/h4-5,7-8,17,23-27,34-35H,6,9-16,18H2,1-3H3,(H,32,36)/b33-21+/t23-,24-,25-,26+,27+,30-,31-/m0/s1. The molecule has 212 valence electrons. The molecule has 1 aromatic carbocycles. The van der Waals surface area contributed by atoms with E-state index in [-0.39, 0.29) is 35.7 Å². The van der Waals surface area contributed by atoms with E-state index in [1.54, 1.807) is 12.1 Å². The maximum Gasteiger partial charge on any atom is 0.328 e. The third kappa shape index (κ3) is 5.32. The molecule has 0 radical (unpaired) electrons. The van der Waals surface area contributed by atoms with Gasteiger partial charge >= 0.3 is 5.97 Å². The number of amides is 1. The van der Waals surface area contributed by atoms with Gasteiger partial charge in [0.05, 0.1) is 18.9 Å². The SMILES string of the molecule is COC(=O)[C@@H](Cc1ccc(O)cc1)NC(=O)CO/N=C1/C=C2CC[C@H]3[C@@H]4CC[C@@H](O)[C@@]4(C)CC[C@@H]3[C@@]2(C)CC1. The van der Waals surface area contributed by atoms with Crippen LogP contribution in [0.2, 0.25) is 0 Å². The van der Waals surface area contributed by atoms with Crippen LogP contribution in [0.3, 0.4) is 0 Å². The number of carbonyl (C=O) groups excluding carboxylic acids is 2. The van der Waals surface area contributed by atoms with Crippen molar-refractivity contribution < 1.29 is 29.4 Å². The van der Waals surface area contributed by atoms with E-state index in [1.807, 2.05) is 0 Å². The fraction of sp³-hybridized carbons (Fsp3) is 0.645. The van der Waals surface area contributed by atoms with Crippen molar-refractivity contribution in [1.82, 2.24) is 5.32 Å². The Morgan fingerprint density at radius 2 is 1.85 bits per heavy atom. The number of esters is 1. The number of carbonyl (C=O) groups is 2. The van der Waals surface area contributed by atoms with E-state index in [2.05, 4.69) is 30.4 Å². The van der Waals surface area contributed by atoms with Crippen molar-refractivity contribution >= 4 is 17.6 Å². The van der Waals surface area contributed by atoms with E-state index < -0.39 is 17.9 Å². The largest absolute Gasteiger partial charge is 0.508 e. The molecule has 0 spiro atoms. The molecule has 4 aliphatic carbocycles. The van der Waals surface area contributed by atoms with Gasteiger partial charge in [-0.2, -0.15) is 0 Å². The highest BCUT2D eigenvalue weighted by Crippen LogP contribution is 2.65. The Balaban J connectivity index is 1.18. The van der Waals surface area contributed by atoms with E-state index in [9.17, 15) is 19.8 Å². The summed E-state index contributed by atoms with van der Waals surface area (Å²) in [6.07, 6.45) is 10.7. The van der Waals surface area contributed by atoms with Crippen LogP contribution < -0.4 is 5.32 Å². The predicted octanol–water partition coefficient (Wildman–Crippen LogP) is 4.29. The van der Waals surface area contributed by atoms with Crippen molar-refractivity contribution in [2.45, 2.75) is 83.8 Å². The molecular formula is C31H42N2O6. The van der Waals surface area contributed by atoms with Gasteiger partial charge in [0.1, 0.15) is 11.8 Å². The van der Waals surface area contributed by atoms with Gasteiger partial charge in [-0.1, -0.05) is 36.7 Å². The highest BCUT2D eigenvalue weighted by molar-refractivity contribution is 5.96. The van der Waals surface area contributed by atoms with Crippen LogP contribution in [-0.4, -0.2) is 53.7 Å². The maximum atomic E-state index is 12.5. The van der Waals surface area contributed by atoms with Gasteiger partial charge in [-0.3, -0.25) is 4.79 Å². The summed E-state index contributed by atoms with van der Waals surface area (Å²) in [6, 6.07) is 5.59. The molecule has 5 rings (SSSR count). The fourth-order valence-electron chi connectivity index (χ4n) is 8.23. The number of ether oxygens (including phenoxy) is 1. The van der Waals surface area contributed by atoms with Gasteiger partial charge in [0.2, 0.25) is 0 Å². The molecule has 3 fully saturated rings. The van der Waals surface area contributed by atoms with Crippen molar-refractivity contribution in [2.75, 3.05) is 13.7 Å². The molecule has 1 aromatic rings. The first kappa shape index (κ1) is 27.7. The maximum absolute atomic E-state index is 12.5. The second kappa shape index (κ2) is 11.0. The summed E-state index contributed by atoms with van der Waals surface area (Å²) in [4.78, 5) is 30.2. The van der Waals surface area contributed by atoms with Crippen molar-refractivity contribution in [3.8, 4) is 5.75 Å². The number of nitrogens with zero attached hydrogens (tertiary/aromatic N) is 1. The van der Waals surface area contributed by atoms with Crippen LogP contribution in [0.4, 0.5) is 0 Å². The first-order valence-corrected chi connectivity index (χ1v) is 14.4. The molecule has 0 aliphatic heterocycles. The number of aromatic hydroxyl groups is 1. The molecule has 3 saturated carbocycles. The Morgan fingerprint density at radius 1 is 1.08 bits per heavy atom. The number of aliphatic hydroxyl groups is 1. The van der Waals surface area contributed by atoms with Crippen LogP contribution in [0.25, 0.3) is 0 Å². The van der Waals surface area contributed by atoms with Crippen LogP contribution in [0, 0.1) is 28.6 Å². The van der Waals surface area contributed by atoms with E-state index in [1.165, 1.54) is 37.7 Å². The number of allylic oxidation sites excluding steroid dienone is 2. The average molecular weight is 539 g/mol. The first-order chi connectivity index (χ1) is 18.6. The summed E-state index contributed by atoms with van der Waals surface area (Å²) >= 11 is 0. The third-order valence-corrected chi connectivity index (χ3v) is 10.5. The number of oxime groups is 1. The molecule has 7 atom stereocenters. The highest BCUT2D eigenvalue weighted by atomic mass is 16.6. The van der Waals surface area contributed by atoms with Crippen molar-refractivity contribution in [3.63, 3.8) is 0 Å². The highest BCUT2D eigenvalue weighted by Gasteiger charge is 2.58. The molecule has 1 amide bonds. The van der Waals surface area contributed by atoms with Crippen molar-refractivity contribution in [1.29, 1.82) is 0 Å². The predicted molar refractivity (Wildman–Crippen MR) is 147 cm³/mol. The Labute approximate surface area is 230 Å². The second-order valence-corrected chi connectivity index (χ2v) is 12.5. The average Bonchev–Trinajstić information content (AvgIpc) is 3.23. The number of fused-ring (bicyclic) bond motifs is 5. The minimum atomic E-state index is -0.866. The van der Waals surface area contributed by atoms with Gasteiger partial charge in [-0.15, -0.1) is 0 Å². The first-order valence-electron chi connectivity index (χ1n) is 14.4. The Bertz CT molecular complexity index is 1150. The smallest absolute Gasteiger partial charge is 0.328 e. The van der Waals surface area contributed by atoms with Gasteiger partial charge in [0.15, 0.2) is 6.61 Å². The van der Waals surface area contributed by atoms with Crippen LogP contribution in [0.5, 0.6) is 5.75 Å². The molecule has 0 saturated heterocycles. The lowest BCUT2D eigenvalue weighted by Gasteiger charge is -2.57. The van der Waals surface area contributed by atoms with Gasteiger partial charge in [0.25, 0.3) is 5.91 Å². The molecule has 0 unspecified atom stereocenters. The number of nitrogens with one attached hydrogen (secondary N) is 1. The zero-order valence-corrected chi connectivity index (χ0v) is 23.3. The quantitative estimate of drug-likeness (QED) is 0.352. The summed E-state index contributed by atoms with van der Waals surface area (Å²) in [5, 5.41) is 27.1. The Hall–Kier alpha value is -2.87. The molecule has 8 heteroatoms. The van der Waals surface area contributed by atoms with Gasteiger partial charge < -0.3 is 25.1 Å². The van der Waals surface area contributed by atoms with Gasteiger partial charge in [0, 0.05) is 6.42 Å². The number of rotatable bonds is 7. The van der Waals surface area contributed by atoms with E-state index in [0.717, 1.165) is 49.8 Å². The van der Waals surface area contributed by atoms with E-state index >= 15 is 0 Å². The number of methoxy groups -OCH3 is 1. The number of phenolic OH excluding ortho intramolecular Hbond substituents is 1. The minimum absolute atomic E-state index is 0.0887. The Morgan fingerprint density at radius 3 is 2.59 bits per heavy atom. The monoisotopic (exact) mass is 538 g/mol. The molecule has 39 heavy (non-hydrogen) atoms. The zero-order chi connectivity index (χ0) is 27.8. The van der Waals surface area contributed by atoms with Crippen LogP contribution in [0.15, 0.2) is 41.1 Å². The second-order valence-electron chi connectivity index (χ2n) is 12.5. The molecule has 3 N–H and O–H groups in total.